The van der Waals surface area contributed by atoms with Crippen LogP contribution in [0.25, 0.3) is 0 Å². The first kappa shape index (κ1) is 23.3. The Hall–Kier alpha value is -2.38. The molecular formula is C24H32N2O4S. The number of hydrogen-bond donors (Lipinski definition) is 1. The summed E-state index contributed by atoms with van der Waals surface area (Å²) in [5.41, 5.74) is 2.37. The van der Waals surface area contributed by atoms with Crippen LogP contribution in [0.5, 0.6) is 0 Å². The Morgan fingerprint density at radius 3 is 2.45 bits per heavy atom. The number of nitrogens with zero attached hydrogens (tertiary/aromatic N) is 1. The van der Waals surface area contributed by atoms with Crippen molar-refractivity contribution < 1.29 is 17.9 Å². The maximum atomic E-state index is 13.3. The molecule has 0 saturated heterocycles. The molecule has 1 saturated carbocycles. The van der Waals surface area contributed by atoms with E-state index >= 15 is 0 Å². The molecule has 0 atom stereocenters. The molecule has 0 bridgehead atoms. The number of carbonyl (C=O) groups excluding carboxylic acids is 1. The van der Waals surface area contributed by atoms with E-state index in [2.05, 4.69) is 5.32 Å². The number of sulfonamides is 1. The fraction of sp³-hybridized carbons (Fsp3) is 0.458. The van der Waals surface area contributed by atoms with Crippen LogP contribution < -0.4 is 9.62 Å². The van der Waals surface area contributed by atoms with Crippen LogP contribution in [0.2, 0.25) is 0 Å². The Labute approximate surface area is 185 Å². The van der Waals surface area contributed by atoms with Crippen LogP contribution >= 0.6 is 0 Å². The molecule has 3 rings (SSSR count). The molecule has 168 valence electrons. The van der Waals surface area contributed by atoms with Gasteiger partial charge in [0.15, 0.2) is 0 Å². The van der Waals surface area contributed by atoms with E-state index in [1.807, 2.05) is 19.9 Å². The Kier molecular flexibility index (Phi) is 8.09. The highest BCUT2D eigenvalue weighted by Crippen LogP contribution is 2.25. The molecular weight excluding hydrogens is 412 g/mol. The van der Waals surface area contributed by atoms with Gasteiger partial charge < -0.3 is 10.1 Å². The third-order valence-corrected chi connectivity index (χ3v) is 7.27. The molecule has 31 heavy (non-hydrogen) atoms. The van der Waals surface area contributed by atoms with Gasteiger partial charge in [0.05, 0.1) is 16.7 Å². The largest absolute Gasteiger partial charge is 0.378 e. The molecule has 0 spiro atoms. The maximum absolute atomic E-state index is 13.3. The van der Waals surface area contributed by atoms with Gasteiger partial charge in [-0.2, -0.15) is 0 Å². The number of aryl methyl sites for hydroxylation is 2. The first-order valence-electron chi connectivity index (χ1n) is 10.9. The predicted octanol–water partition coefficient (Wildman–Crippen LogP) is 3.96. The van der Waals surface area contributed by atoms with Crippen LogP contribution in [0.15, 0.2) is 53.4 Å². The number of hydrogen-bond acceptors (Lipinski definition) is 4. The van der Waals surface area contributed by atoms with Crippen LogP contribution in [0.4, 0.5) is 5.69 Å². The van der Waals surface area contributed by atoms with Gasteiger partial charge in [-0.1, -0.05) is 42.7 Å². The van der Waals surface area contributed by atoms with Crippen LogP contribution in [0.3, 0.4) is 0 Å². The molecule has 0 unspecified atom stereocenters. The summed E-state index contributed by atoms with van der Waals surface area (Å²) in [5, 5.41) is 2.83. The molecule has 0 aromatic heterocycles. The van der Waals surface area contributed by atoms with Gasteiger partial charge in [-0.25, -0.2) is 8.42 Å². The van der Waals surface area contributed by atoms with Gasteiger partial charge in [0.1, 0.15) is 6.54 Å². The van der Waals surface area contributed by atoms with Gasteiger partial charge in [0, 0.05) is 13.2 Å². The van der Waals surface area contributed by atoms with E-state index in [0.717, 1.165) is 24.0 Å². The summed E-state index contributed by atoms with van der Waals surface area (Å²) in [6.45, 7) is 4.58. The number of nitrogens with one attached hydrogen (secondary N) is 1. The lowest BCUT2D eigenvalue weighted by molar-refractivity contribution is -0.119. The van der Waals surface area contributed by atoms with E-state index in [9.17, 15) is 13.2 Å². The van der Waals surface area contributed by atoms with E-state index in [1.54, 1.807) is 42.5 Å². The van der Waals surface area contributed by atoms with E-state index in [0.29, 0.717) is 31.4 Å². The van der Waals surface area contributed by atoms with Gasteiger partial charge in [0.2, 0.25) is 5.91 Å². The summed E-state index contributed by atoms with van der Waals surface area (Å²) in [7, 11) is -3.88. The third-order valence-electron chi connectivity index (χ3n) is 5.48. The molecule has 7 heteroatoms. The van der Waals surface area contributed by atoms with Crippen LogP contribution in [-0.2, 0) is 19.6 Å². The second-order valence-corrected chi connectivity index (χ2v) is 10.0. The van der Waals surface area contributed by atoms with Crippen LogP contribution in [-0.4, -0.2) is 40.1 Å². The quantitative estimate of drug-likeness (QED) is 0.563. The smallest absolute Gasteiger partial charge is 0.264 e. The van der Waals surface area contributed by atoms with E-state index in [4.69, 9.17) is 4.74 Å². The standard InChI is InChI=1S/C24H32N2O4S/c1-19-11-13-23(14-12-19)31(28,29)26(21-8-5-7-20(2)17-21)18-24(27)25-15-6-16-30-22-9-3-4-10-22/h5,7-8,11-14,17,22H,3-4,6,9-10,15-16,18H2,1-2H3,(H,25,27). The number of carbonyl (C=O) groups is 1. The number of benzene rings is 2. The summed E-state index contributed by atoms with van der Waals surface area (Å²) in [6, 6.07) is 13.8. The fourth-order valence-corrected chi connectivity index (χ4v) is 5.14. The Morgan fingerprint density at radius 1 is 1.06 bits per heavy atom. The van der Waals surface area contributed by atoms with Crippen molar-refractivity contribution in [1.29, 1.82) is 0 Å². The van der Waals surface area contributed by atoms with Crippen molar-refractivity contribution in [3.8, 4) is 0 Å². The van der Waals surface area contributed by atoms with E-state index in [1.165, 1.54) is 17.1 Å². The summed E-state index contributed by atoms with van der Waals surface area (Å²) in [6.07, 6.45) is 5.75. The monoisotopic (exact) mass is 444 g/mol. The minimum absolute atomic E-state index is 0.164. The zero-order valence-electron chi connectivity index (χ0n) is 18.3. The lowest BCUT2D eigenvalue weighted by atomic mass is 10.2. The summed E-state index contributed by atoms with van der Waals surface area (Å²) < 4.78 is 33.7. The summed E-state index contributed by atoms with van der Waals surface area (Å²) in [5.74, 6) is -0.335. The molecule has 1 amide bonds. The normalized spacial score (nSPS) is 14.5. The Bertz CT molecular complexity index is 967. The Morgan fingerprint density at radius 2 is 1.77 bits per heavy atom. The van der Waals surface area contributed by atoms with Gasteiger partial charge in [-0.15, -0.1) is 0 Å². The van der Waals surface area contributed by atoms with Gasteiger partial charge in [-0.3, -0.25) is 9.10 Å². The lowest BCUT2D eigenvalue weighted by Crippen LogP contribution is -2.41. The molecule has 0 radical (unpaired) electrons. The van der Waals surface area contributed by atoms with Crippen molar-refractivity contribution in [2.45, 2.75) is 57.0 Å². The third kappa shape index (κ3) is 6.55. The van der Waals surface area contributed by atoms with Crippen LogP contribution in [0.1, 0.15) is 43.2 Å². The van der Waals surface area contributed by atoms with Crippen molar-refractivity contribution in [2.24, 2.45) is 0 Å². The second-order valence-electron chi connectivity index (χ2n) is 8.14. The predicted molar refractivity (Wildman–Crippen MR) is 123 cm³/mol. The number of anilines is 1. The zero-order chi connectivity index (χ0) is 22.3. The molecule has 6 nitrogen and oxygen atoms in total. The van der Waals surface area contributed by atoms with Crippen molar-refractivity contribution >= 4 is 21.6 Å². The van der Waals surface area contributed by atoms with Crippen molar-refractivity contribution in [2.75, 3.05) is 24.0 Å². The highest BCUT2D eigenvalue weighted by atomic mass is 32.2. The summed E-state index contributed by atoms with van der Waals surface area (Å²) in [4.78, 5) is 12.8. The molecule has 0 aliphatic heterocycles. The first-order valence-corrected chi connectivity index (χ1v) is 12.3. The Balaban J connectivity index is 1.65. The topological polar surface area (TPSA) is 75.7 Å². The van der Waals surface area contributed by atoms with Gasteiger partial charge >= 0.3 is 0 Å². The van der Waals surface area contributed by atoms with Crippen LogP contribution in [0, 0.1) is 13.8 Å². The molecule has 1 N–H and O–H groups in total. The maximum Gasteiger partial charge on any atom is 0.264 e. The van der Waals surface area contributed by atoms with E-state index in [-0.39, 0.29) is 17.3 Å². The minimum Gasteiger partial charge on any atom is -0.378 e. The van der Waals surface area contributed by atoms with Gasteiger partial charge in [-0.05, 0) is 62.9 Å². The molecule has 0 heterocycles. The second kappa shape index (κ2) is 10.8. The fourth-order valence-electron chi connectivity index (χ4n) is 3.73. The van der Waals surface area contributed by atoms with E-state index < -0.39 is 10.0 Å². The zero-order valence-corrected chi connectivity index (χ0v) is 19.2. The first-order chi connectivity index (χ1) is 14.9. The summed E-state index contributed by atoms with van der Waals surface area (Å²) >= 11 is 0. The number of rotatable bonds is 10. The molecule has 2 aromatic rings. The van der Waals surface area contributed by atoms with Gasteiger partial charge in [0.25, 0.3) is 10.0 Å². The molecule has 1 aliphatic rings. The van der Waals surface area contributed by atoms with Crippen molar-refractivity contribution in [3.63, 3.8) is 0 Å². The average Bonchev–Trinajstić information content (AvgIpc) is 3.25. The highest BCUT2D eigenvalue weighted by molar-refractivity contribution is 7.92. The van der Waals surface area contributed by atoms with Crippen molar-refractivity contribution in [1.82, 2.24) is 5.32 Å². The molecule has 1 fully saturated rings. The average molecular weight is 445 g/mol. The van der Waals surface area contributed by atoms with Crippen molar-refractivity contribution in [3.05, 3.63) is 59.7 Å². The highest BCUT2D eigenvalue weighted by Gasteiger charge is 2.27. The number of amides is 1. The SMILES string of the molecule is Cc1ccc(S(=O)(=O)N(CC(=O)NCCCOC2CCCC2)c2cccc(C)c2)cc1. The number of ether oxygens (including phenoxy) is 1. The molecule has 2 aromatic carbocycles. The lowest BCUT2D eigenvalue weighted by Gasteiger charge is -2.24. The minimum atomic E-state index is -3.88. The molecule has 1 aliphatic carbocycles.